The minimum Gasteiger partial charge on any atom is -0.271 e. The van der Waals surface area contributed by atoms with Gasteiger partial charge in [-0.15, -0.1) is 0 Å². The van der Waals surface area contributed by atoms with Gasteiger partial charge >= 0.3 is 0 Å². The highest BCUT2D eigenvalue weighted by Gasteiger charge is 2.29. The maximum atomic E-state index is 12.2. The molecule has 5 nitrogen and oxygen atoms in total. The fraction of sp³-hybridized carbons (Fsp3) is 0.176. The van der Waals surface area contributed by atoms with Crippen molar-refractivity contribution >= 4 is 39.7 Å². The summed E-state index contributed by atoms with van der Waals surface area (Å²) < 4.78 is 0.998. The molecule has 0 bridgehead atoms. The topological polar surface area (TPSA) is 65.5 Å². The number of amides is 1. The summed E-state index contributed by atoms with van der Waals surface area (Å²) in [7, 11) is 0. The third kappa shape index (κ3) is 4.42. The molecule has 1 aliphatic heterocycles. The molecule has 0 radical (unpaired) electrons. The maximum Gasteiger partial charge on any atom is 0.258 e. The molecule has 3 N–H and O–H groups in total. The van der Waals surface area contributed by atoms with Crippen LogP contribution in [-0.2, 0) is 4.79 Å². The van der Waals surface area contributed by atoms with E-state index in [4.69, 9.17) is 11.6 Å². The summed E-state index contributed by atoms with van der Waals surface area (Å²) >= 11 is 9.27. The lowest BCUT2D eigenvalue weighted by Gasteiger charge is -2.09. The number of hydrogen-bond donors (Lipinski definition) is 3. The van der Waals surface area contributed by atoms with Crippen LogP contribution in [0.1, 0.15) is 23.6 Å². The molecule has 3 rings (SSSR count). The van der Waals surface area contributed by atoms with Gasteiger partial charge in [0, 0.05) is 15.5 Å². The summed E-state index contributed by atoms with van der Waals surface area (Å²) in [5.41, 5.74) is 10.7. The standard InChI is InChI=1S/C17H16BrClN4O/c18-13-5-1-11(2-6-13)10-20-23-17(24)16-9-15(21-22-16)12-3-7-14(19)8-4-12/h1-8,10,15-16,21-22H,9H2,(H,23,24)/b20-10+. The minimum absolute atomic E-state index is 0.0634. The van der Waals surface area contributed by atoms with Crippen molar-refractivity contribution in [3.63, 3.8) is 0 Å². The third-order valence-corrected chi connectivity index (χ3v) is 4.53. The van der Waals surface area contributed by atoms with Crippen molar-refractivity contribution in [1.82, 2.24) is 16.3 Å². The second kappa shape index (κ2) is 7.90. The maximum absolute atomic E-state index is 12.2. The molecule has 24 heavy (non-hydrogen) atoms. The zero-order valence-corrected chi connectivity index (χ0v) is 15.0. The lowest BCUT2D eigenvalue weighted by molar-refractivity contribution is -0.122. The van der Waals surface area contributed by atoms with Crippen LogP contribution in [0, 0.1) is 0 Å². The van der Waals surface area contributed by atoms with Gasteiger partial charge in [-0.2, -0.15) is 5.10 Å². The second-order valence-corrected chi connectivity index (χ2v) is 6.82. The van der Waals surface area contributed by atoms with Crippen molar-refractivity contribution in [3.8, 4) is 0 Å². The van der Waals surface area contributed by atoms with Gasteiger partial charge in [0.2, 0.25) is 0 Å². The predicted octanol–water partition coefficient (Wildman–Crippen LogP) is 3.16. The summed E-state index contributed by atoms with van der Waals surface area (Å²) in [6, 6.07) is 15.0. The summed E-state index contributed by atoms with van der Waals surface area (Å²) in [5, 5.41) is 4.70. The van der Waals surface area contributed by atoms with Crippen LogP contribution < -0.4 is 16.3 Å². The van der Waals surface area contributed by atoms with Crippen molar-refractivity contribution in [2.75, 3.05) is 0 Å². The largest absolute Gasteiger partial charge is 0.271 e. The molecular weight excluding hydrogens is 392 g/mol. The normalized spacial score (nSPS) is 20.4. The van der Waals surface area contributed by atoms with Crippen molar-refractivity contribution in [2.24, 2.45) is 5.10 Å². The Morgan fingerprint density at radius 2 is 1.88 bits per heavy atom. The number of nitrogens with one attached hydrogen (secondary N) is 3. The van der Waals surface area contributed by atoms with E-state index in [2.05, 4.69) is 37.3 Å². The van der Waals surface area contributed by atoms with Crippen LogP contribution in [0.15, 0.2) is 58.1 Å². The Kier molecular flexibility index (Phi) is 5.63. The number of benzene rings is 2. The Hall–Kier alpha value is -1.73. The first-order chi connectivity index (χ1) is 11.6. The van der Waals surface area contributed by atoms with Gasteiger partial charge in [-0.05, 0) is 41.8 Å². The molecule has 0 saturated carbocycles. The van der Waals surface area contributed by atoms with Crippen LogP contribution in [0.2, 0.25) is 5.02 Å². The van der Waals surface area contributed by atoms with E-state index in [9.17, 15) is 4.79 Å². The average molecular weight is 408 g/mol. The number of carbonyl (C=O) groups excluding carboxylic acids is 1. The third-order valence-electron chi connectivity index (χ3n) is 3.75. The van der Waals surface area contributed by atoms with E-state index >= 15 is 0 Å². The Bertz CT molecular complexity index is 733. The van der Waals surface area contributed by atoms with Crippen molar-refractivity contribution < 1.29 is 4.79 Å². The number of hydrogen-bond acceptors (Lipinski definition) is 4. The zero-order valence-electron chi connectivity index (χ0n) is 12.7. The molecule has 0 aromatic heterocycles. The van der Waals surface area contributed by atoms with Crippen molar-refractivity contribution in [3.05, 3.63) is 69.2 Å². The molecule has 1 heterocycles. The van der Waals surface area contributed by atoms with Crippen LogP contribution in [0.5, 0.6) is 0 Å². The van der Waals surface area contributed by atoms with Gasteiger partial charge in [-0.1, -0.05) is 51.8 Å². The molecule has 0 aliphatic carbocycles. The van der Waals surface area contributed by atoms with E-state index in [-0.39, 0.29) is 18.0 Å². The van der Waals surface area contributed by atoms with Gasteiger partial charge in [0.25, 0.3) is 5.91 Å². The number of hydrazine groups is 1. The van der Waals surface area contributed by atoms with Crippen LogP contribution in [0.25, 0.3) is 0 Å². The van der Waals surface area contributed by atoms with Crippen LogP contribution >= 0.6 is 27.5 Å². The number of nitrogens with zero attached hydrogens (tertiary/aromatic N) is 1. The first kappa shape index (κ1) is 17.1. The Labute approximate surface area is 153 Å². The average Bonchev–Trinajstić information content (AvgIpc) is 3.07. The molecule has 124 valence electrons. The second-order valence-electron chi connectivity index (χ2n) is 5.47. The lowest BCUT2D eigenvalue weighted by atomic mass is 10.0. The van der Waals surface area contributed by atoms with Crippen molar-refractivity contribution in [2.45, 2.75) is 18.5 Å². The molecule has 1 saturated heterocycles. The summed E-state index contributed by atoms with van der Waals surface area (Å²) in [4.78, 5) is 12.2. The highest BCUT2D eigenvalue weighted by Crippen LogP contribution is 2.23. The summed E-state index contributed by atoms with van der Waals surface area (Å²) in [6.45, 7) is 0. The van der Waals surface area contributed by atoms with Crippen molar-refractivity contribution in [1.29, 1.82) is 0 Å². The molecule has 1 aliphatic rings. The van der Waals surface area contributed by atoms with Gasteiger partial charge in [-0.25, -0.2) is 16.3 Å². The molecule has 0 spiro atoms. The highest BCUT2D eigenvalue weighted by molar-refractivity contribution is 9.10. The SMILES string of the molecule is O=C(N/N=C/c1ccc(Br)cc1)C1CC(c2ccc(Cl)cc2)NN1. The van der Waals surface area contributed by atoms with E-state index in [0.29, 0.717) is 11.4 Å². The van der Waals surface area contributed by atoms with Gasteiger partial charge in [0.15, 0.2) is 0 Å². The molecule has 2 atom stereocenters. The number of hydrazone groups is 1. The first-order valence-electron chi connectivity index (χ1n) is 7.47. The van der Waals surface area contributed by atoms with Crippen LogP contribution in [-0.4, -0.2) is 18.2 Å². The van der Waals surface area contributed by atoms with Crippen LogP contribution in [0.3, 0.4) is 0 Å². The van der Waals surface area contributed by atoms with E-state index < -0.39 is 0 Å². The Morgan fingerprint density at radius 1 is 1.17 bits per heavy atom. The van der Waals surface area contributed by atoms with E-state index in [1.54, 1.807) is 6.21 Å². The quantitative estimate of drug-likeness (QED) is 0.539. The highest BCUT2D eigenvalue weighted by atomic mass is 79.9. The molecule has 1 fully saturated rings. The number of rotatable bonds is 4. The summed E-state index contributed by atoms with van der Waals surface area (Å²) in [5.74, 6) is -0.174. The monoisotopic (exact) mass is 406 g/mol. The molecule has 2 unspecified atom stereocenters. The van der Waals surface area contributed by atoms with Gasteiger partial charge < -0.3 is 0 Å². The fourth-order valence-corrected chi connectivity index (χ4v) is 2.83. The van der Waals surface area contributed by atoms with Gasteiger partial charge in [-0.3, -0.25) is 4.79 Å². The van der Waals surface area contributed by atoms with E-state index in [1.807, 2.05) is 48.5 Å². The Balaban J connectivity index is 1.52. The number of halogens is 2. The molecule has 7 heteroatoms. The Morgan fingerprint density at radius 3 is 2.58 bits per heavy atom. The molecular formula is C17H16BrClN4O. The van der Waals surface area contributed by atoms with Crippen LogP contribution in [0.4, 0.5) is 0 Å². The zero-order chi connectivity index (χ0) is 16.9. The van der Waals surface area contributed by atoms with Gasteiger partial charge in [0.05, 0.1) is 6.21 Å². The molecule has 1 amide bonds. The molecule has 2 aromatic rings. The summed E-state index contributed by atoms with van der Waals surface area (Å²) in [6.07, 6.45) is 2.25. The van der Waals surface area contributed by atoms with Gasteiger partial charge in [0.1, 0.15) is 6.04 Å². The fourth-order valence-electron chi connectivity index (χ4n) is 2.44. The first-order valence-corrected chi connectivity index (χ1v) is 8.64. The van der Waals surface area contributed by atoms with E-state index in [1.165, 1.54) is 0 Å². The number of carbonyl (C=O) groups is 1. The smallest absolute Gasteiger partial charge is 0.258 e. The predicted molar refractivity (Wildman–Crippen MR) is 98.7 cm³/mol. The molecule has 2 aromatic carbocycles. The van der Waals surface area contributed by atoms with E-state index in [0.717, 1.165) is 15.6 Å². The lowest BCUT2D eigenvalue weighted by Crippen LogP contribution is -2.41. The minimum atomic E-state index is -0.340.